The molecule has 1 atom stereocenters. The highest BCUT2D eigenvalue weighted by molar-refractivity contribution is 14.0. The van der Waals surface area contributed by atoms with Gasteiger partial charge in [0.2, 0.25) is 0 Å². The molecule has 0 amide bonds. The monoisotopic (exact) mass is 527 g/mol. The third-order valence-corrected chi connectivity index (χ3v) is 6.04. The second-order valence-corrected chi connectivity index (χ2v) is 9.12. The van der Waals surface area contributed by atoms with E-state index in [1.807, 2.05) is 0 Å². The quantitative estimate of drug-likeness (QED) is 0.317. The number of hydrogen-bond donors (Lipinski definition) is 2. The first kappa shape index (κ1) is 25.2. The number of benzene rings is 1. The molecular weight excluding hydrogens is 485 g/mol. The summed E-state index contributed by atoms with van der Waals surface area (Å²) >= 11 is 0. The molecule has 2 saturated heterocycles. The standard InChI is InChI=1S/C24H41N5.HI/c1-4-25-24(26-17-21-9-8-14-28(19-21)18-20(2)3)27-22-12-15-29(16-13-22)23-10-6-5-7-11-23;/h5-7,10-11,20-22H,4,8-9,12-19H2,1-3H3,(H2,25,26,27);1H. The molecule has 2 aliphatic rings. The Kier molecular flexibility index (Phi) is 11.3. The van der Waals surface area contributed by atoms with E-state index < -0.39 is 0 Å². The van der Waals surface area contributed by atoms with Gasteiger partial charge in [-0.2, -0.15) is 0 Å². The maximum atomic E-state index is 4.98. The zero-order valence-electron chi connectivity index (χ0n) is 19.1. The number of para-hydroxylation sites is 1. The number of guanidine groups is 1. The molecule has 0 aromatic heterocycles. The second kappa shape index (κ2) is 13.4. The molecule has 3 rings (SSSR count). The van der Waals surface area contributed by atoms with Gasteiger partial charge in [-0.1, -0.05) is 32.0 Å². The van der Waals surface area contributed by atoms with Crippen LogP contribution in [0, 0.1) is 11.8 Å². The Bertz CT molecular complexity index is 613. The number of hydrogen-bond acceptors (Lipinski definition) is 3. The summed E-state index contributed by atoms with van der Waals surface area (Å²) in [5, 5.41) is 7.18. The number of piperidine rings is 2. The predicted molar refractivity (Wildman–Crippen MR) is 140 cm³/mol. The van der Waals surface area contributed by atoms with Crippen molar-refractivity contribution in [2.24, 2.45) is 16.8 Å². The van der Waals surface area contributed by atoms with Crippen molar-refractivity contribution in [3.8, 4) is 0 Å². The van der Waals surface area contributed by atoms with Crippen LogP contribution in [0.3, 0.4) is 0 Å². The van der Waals surface area contributed by atoms with Crippen LogP contribution in [0.25, 0.3) is 0 Å². The molecule has 1 unspecified atom stereocenters. The van der Waals surface area contributed by atoms with Crippen LogP contribution in [-0.4, -0.2) is 62.7 Å². The Hall–Kier alpha value is -1.02. The summed E-state index contributed by atoms with van der Waals surface area (Å²) in [4.78, 5) is 10.1. The van der Waals surface area contributed by atoms with Crippen LogP contribution in [0.2, 0.25) is 0 Å². The van der Waals surface area contributed by atoms with Crippen LogP contribution in [0.15, 0.2) is 35.3 Å². The van der Waals surface area contributed by atoms with Crippen molar-refractivity contribution < 1.29 is 0 Å². The van der Waals surface area contributed by atoms with Gasteiger partial charge in [-0.05, 0) is 63.1 Å². The summed E-state index contributed by atoms with van der Waals surface area (Å²) in [7, 11) is 0. The molecular formula is C24H42IN5. The lowest BCUT2D eigenvalue weighted by Gasteiger charge is -2.35. The van der Waals surface area contributed by atoms with E-state index in [1.165, 1.54) is 38.2 Å². The normalized spacial score (nSPS) is 21.4. The van der Waals surface area contributed by atoms with E-state index in [2.05, 4.69) is 71.5 Å². The Morgan fingerprint density at radius 2 is 1.83 bits per heavy atom. The van der Waals surface area contributed by atoms with Gasteiger partial charge < -0.3 is 20.4 Å². The van der Waals surface area contributed by atoms with Gasteiger partial charge >= 0.3 is 0 Å². The van der Waals surface area contributed by atoms with Gasteiger partial charge in [0.05, 0.1) is 0 Å². The highest BCUT2D eigenvalue weighted by Gasteiger charge is 2.22. The molecule has 1 aromatic carbocycles. The third-order valence-electron chi connectivity index (χ3n) is 6.04. The fourth-order valence-corrected chi connectivity index (χ4v) is 4.64. The maximum absolute atomic E-state index is 4.98. The van der Waals surface area contributed by atoms with Gasteiger partial charge in [-0.25, -0.2) is 0 Å². The fourth-order valence-electron chi connectivity index (χ4n) is 4.64. The van der Waals surface area contributed by atoms with Crippen LogP contribution in [0.5, 0.6) is 0 Å². The summed E-state index contributed by atoms with van der Waals surface area (Å²) in [5.74, 6) is 2.45. The lowest BCUT2D eigenvalue weighted by atomic mass is 9.97. The molecule has 30 heavy (non-hydrogen) atoms. The molecule has 0 saturated carbocycles. The van der Waals surface area contributed by atoms with Crippen LogP contribution in [0.1, 0.15) is 46.5 Å². The van der Waals surface area contributed by atoms with E-state index in [9.17, 15) is 0 Å². The lowest BCUT2D eigenvalue weighted by molar-refractivity contribution is 0.162. The average Bonchev–Trinajstić information content (AvgIpc) is 2.73. The van der Waals surface area contributed by atoms with Crippen molar-refractivity contribution in [3.63, 3.8) is 0 Å². The minimum atomic E-state index is 0. The van der Waals surface area contributed by atoms with E-state index in [0.29, 0.717) is 12.0 Å². The van der Waals surface area contributed by atoms with Gasteiger partial charge in [0, 0.05) is 51.0 Å². The third kappa shape index (κ3) is 8.25. The van der Waals surface area contributed by atoms with E-state index >= 15 is 0 Å². The number of halogens is 1. The average molecular weight is 528 g/mol. The predicted octanol–water partition coefficient (Wildman–Crippen LogP) is 4.20. The number of aliphatic imine (C=N–C) groups is 1. The summed E-state index contributed by atoms with van der Waals surface area (Å²) in [6.45, 7) is 14.5. The minimum absolute atomic E-state index is 0. The molecule has 6 heteroatoms. The molecule has 2 N–H and O–H groups in total. The van der Waals surface area contributed by atoms with E-state index in [-0.39, 0.29) is 24.0 Å². The summed E-state index contributed by atoms with van der Waals surface area (Å²) in [5.41, 5.74) is 1.34. The van der Waals surface area contributed by atoms with Crippen molar-refractivity contribution in [2.45, 2.75) is 52.5 Å². The number of rotatable bonds is 7. The first-order chi connectivity index (χ1) is 14.1. The van der Waals surface area contributed by atoms with E-state index in [4.69, 9.17) is 4.99 Å². The highest BCUT2D eigenvalue weighted by atomic mass is 127. The first-order valence-electron chi connectivity index (χ1n) is 11.7. The van der Waals surface area contributed by atoms with Crippen LogP contribution >= 0.6 is 24.0 Å². The van der Waals surface area contributed by atoms with Gasteiger partial charge in [-0.15, -0.1) is 24.0 Å². The zero-order chi connectivity index (χ0) is 20.5. The Labute approximate surface area is 201 Å². The number of nitrogens with one attached hydrogen (secondary N) is 2. The van der Waals surface area contributed by atoms with Crippen LogP contribution in [0.4, 0.5) is 5.69 Å². The highest BCUT2D eigenvalue weighted by Crippen LogP contribution is 2.20. The van der Waals surface area contributed by atoms with Crippen molar-refractivity contribution in [3.05, 3.63) is 30.3 Å². The molecule has 0 radical (unpaired) electrons. The minimum Gasteiger partial charge on any atom is -0.371 e. The summed E-state index contributed by atoms with van der Waals surface area (Å²) in [6, 6.07) is 11.3. The zero-order valence-corrected chi connectivity index (χ0v) is 21.5. The summed E-state index contributed by atoms with van der Waals surface area (Å²) in [6.07, 6.45) is 4.94. The largest absolute Gasteiger partial charge is 0.371 e. The van der Waals surface area contributed by atoms with Crippen molar-refractivity contribution in [1.82, 2.24) is 15.5 Å². The fraction of sp³-hybridized carbons (Fsp3) is 0.708. The van der Waals surface area contributed by atoms with Gasteiger partial charge in [-0.3, -0.25) is 4.99 Å². The Balaban J connectivity index is 0.00000320. The smallest absolute Gasteiger partial charge is 0.191 e. The Morgan fingerprint density at radius 1 is 1.10 bits per heavy atom. The molecule has 0 spiro atoms. The lowest BCUT2D eigenvalue weighted by Crippen LogP contribution is -2.49. The van der Waals surface area contributed by atoms with Gasteiger partial charge in [0.25, 0.3) is 0 Å². The van der Waals surface area contributed by atoms with Crippen LogP contribution in [-0.2, 0) is 0 Å². The van der Waals surface area contributed by atoms with Gasteiger partial charge in [0.15, 0.2) is 5.96 Å². The molecule has 2 fully saturated rings. The number of anilines is 1. The van der Waals surface area contributed by atoms with Gasteiger partial charge in [0.1, 0.15) is 0 Å². The summed E-state index contributed by atoms with van der Waals surface area (Å²) < 4.78 is 0. The van der Waals surface area contributed by atoms with E-state index in [1.54, 1.807) is 0 Å². The van der Waals surface area contributed by atoms with Crippen LogP contribution < -0.4 is 15.5 Å². The molecule has 170 valence electrons. The molecule has 2 aliphatic heterocycles. The number of likely N-dealkylation sites (tertiary alicyclic amines) is 1. The SMILES string of the molecule is CCNC(=NCC1CCCN(CC(C)C)C1)NC1CCN(c2ccccc2)CC1.I. The van der Waals surface area contributed by atoms with E-state index in [0.717, 1.165) is 50.9 Å². The second-order valence-electron chi connectivity index (χ2n) is 9.12. The molecule has 1 aromatic rings. The topological polar surface area (TPSA) is 42.9 Å². The van der Waals surface area contributed by atoms with Crippen molar-refractivity contribution in [2.75, 3.05) is 50.7 Å². The molecule has 0 aliphatic carbocycles. The molecule has 2 heterocycles. The molecule has 0 bridgehead atoms. The maximum Gasteiger partial charge on any atom is 0.191 e. The Morgan fingerprint density at radius 3 is 2.50 bits per heavy atom. The van der Waals surface area contributed by atoms with Crippen molar-refractivity contribution >= 4 is 35.6 Å². The first-order valence-corrected chi connectivity index (χ1v) is 11.7. The number of nitrogens with zero attached hydrogens (tertiary/aromatic N) is 3. The van der Waals surface area contributed by atoms with Crippen molar-refractivity contribution in [1.29, 1.82) is 0 Å². The molecule has 5 nitrogen and oxygen atoms in total.